The number of anilines is 1. The number of amides is 2. The lowest BCUT2D eigenvalue weighted by molar-refractivity contribution is -0.121. The first-order chi connectivity index (χ1) is 14.7. The Hall–Kier alpha value is -3.30. The first kappa shape index (κ1) is 24.0. The third-order valence-electron chi connectivity index (χ3n) is 4.10. The lowest BCUT2D eigenvalue weighted by Gasteiger charge is -2.16. The molecule has 11 heteroatoms. The van der Waals surface area contributed by atoms with Gasteiger partial charge in [0.1, 0.15) is 6.07 Å². The fourth-order valence-corrected chi connectivity index (χ4v) is 3.45. The molecule has 0 saturated carbocycles. The molecule has 0 saturated heterocycles. The van der Waals surface area contributed by atoms with E-state index in [9.17, 15) is 14.9 Å². The topological polar surface area (TPSA) is 130 Å². The van der Waals surface area contributed by atoms with Gasteiger partial charge >= 0.3 is 6.09 Å². The van der Waals surface area contributed by atoms with Gasteiger partial charge in [-0.1, -0.05) is 46.9 Å². The number of halogens is 3. The van der Waals surface area contributed by atoms with E-state index in [1.807, 2.05) is 0 Å². The molecule has 31 heavy (non-hydrogen) atoms. The van der Waals surface area contributed by atoms with Crippen molar-refractivity contribution < 1.29 is 14.7 Å². The van der Waals surface area contributed by atoms with Gasteiger partial charge in [-0.3, -0.25) is 10.2 Å². The maximum Gasteiger partial charge on any atom is 0.414 e. The van der Waals surface area contributed by atoms with Gasteiger partial charge in [-0.15, -0.1) is 0 Å². The molecule has 1 unspecified atom stereocenters. The van der Waals surface area contributed by atoms with E-state index >= 15 is 0 Å². The van der Waals surface area contributed by atoms with Gasteiger partial charge in [0.25, 0.3) is 5.91 Å². The normalized spacial score (nSPS) is 11.7. The second kappa shape index (κ2) is 10.6. The fraction of sp³-hybridized carbons (Fsp3) is 0.150. The van der Waals surface area contributed by atoms with Crippen LogP contribution in [0.1, 0.15) is 24.0 Å². The summed E-state index contributed by atoms with van der Waals surface area (Å²) in [6.07, 6.45) is -1.50. The van der Waals surface area contributed by atoms with Gasteiger partial charge in [-0.05, 0) is 36.8 Å². The van der Waals surface area contributed by atoms with Crippen molar-refractivity contribution >= 4 is 58.2 Å². The highest BCUT2D eigenvalue weighted by atomic mass is 35.5. The van der Waals surface area contributed by atoms with Crippen LogP contribution in [0.2, 0.25) is 15.1 Å². The largest absolute Gasteiger partial charge is 0.465 e. The number of hydrogen-bond donors (Lipinski definition) is 2. The van der Waals surface area contributed by atoms with E-state index in [-0.39, 0.29) is 22.3 Å². The highest BCUT2D eigenvalue weighted by molar-refractivity contribution is 6.46. The molecule has 0 spiro atoms. The van der Waals surface area contributed by atoms with Gasteiger partial charge in [-0.25, -0.2) is 9.69 Å². The van der Waals surface area contributed by atoms with Gasteiger partial charge in [0, 0.05) is 27.2 Å². The minimum absolute atomic E-state index is 0.150. The van der Waals surface area contributed by atoms with Gasteiger partial charge in [0.15, 0.2) is 0 Å². The molecule has 0 aromatic heterocycles. The number of carbonyl (C=O) groups excluding carboxylic acids is 1. The Kier molecular flexibility index (Phi) is 8.23. The van der Waals surface area contributed by atoms with Crippen LogP contribution in [0.3, 0.4) is 0 Å². The highest BCUT2D eigenvalue weighted by Gasteiger charge is 2.24. The second-order valence-corrected chi connectivity index (χ2v) is 7.23. The summed E-state index contributed by atoms with van der Waals surface area (Å²) in [6.45, 7) is 1.29. The van der Waals surface area contributed by atoms with Crippen molar-refractivity contribution in [1.29, 1.82) is 10.5 Å². The molecule has 0 aliphatic heterocycles. The van der Waals surface area contributed by atoms with Crippen molar-refractivity contribution in [2.75, 3.05) is 12.0 Å². The summed E-state index contributed by atoms with van der Waals surface area (Å²) >= 11 is 18.6. The number of rotatable bonds is 6. The van der Waals surface area contributed by atoms with Gasteiger partial charge in [0.2, 0.25) is 5.71 Å². The number of benzene rings is 2. The van der Waals surface area contributed by atoms with Crippen LogP contribution in [0.15, 0.2) is 41.5 Å². The van der Waals surface area contributed by atoms with Crippen molar-refractivity contribution in [3.63, 3.8) is 0 Å². The third kappa shape index (κ3) is 5.65. The lowest BCUT2D eigenvalue weighted by atomic mass is 9.92. The molecule has 1 atom stereocenters. The first-order valence-electron chi connectivity index (χ1n) is 8.66. The summed E-state index contributed by atoms with van der Waals surface area (Å²) in [5.41, 5.74) is 3.02. The Morgan fingerprint density at radius 1 is 1.16 bits per heavy atom. The molecule has 2 N–H and O–H groups in total. The van der Waals surface area contributed by atoms with Crippen molar-refractivity contribution in [3.8, 4) is 12.1 Å². The SMILES string of the molecule is CCN(C(=O)O)C(=O)C(C#N)=NNc1cc(Cl)c(C(C#N)c2ccc(Cl)cc2)c(Cl)c1. The predicted octanol–water partition coefficient (Wildman–Crippen LogP) is 5.12. The number of nitrogens with one attached hydrogen (secondary N) is 1. The molecule has 2 amide bonds. The molecule has 8 nitrogen and oxygen atoms in total. The van der Waals surface area contributed by atoms with E-state index in [0.29, 0.717) is 21.0 Å². The standard InChI is InChI=1S/C20H14Cl3N5O3/c1-2-28(20(30)31)19(29)17(10-25)27-26-13-7-15(22)18(16(23)8-13)14(9-24)11-3-5-12(21)6-4-11/h3-8,14,26H,2H2,1H3,(H,30,31). The first-order valence-corrected chi connectivity index (χ1v) is 9.79. The molecule has 0 radical (unpaired) electrons. The molecule has 2 rings (SSSR count). The Balaban J connectivity index is 2.35. The Bertz CT molecular complexity index is 1100. The van der Waals surface area contributed by atoms with E-state index in [2.05, 4.69) is 16.6 Å². The maximum atomic E-state index is 12.1. The Morgan fingerprint density at radius 2 is 1.74 bits per heavy atom. The number of hydrazone groups is 1. The zero-order valence-electron chi connectivity index (χ0n) is 15.9. The number of carboxylic acid groups (broad SMARTS) is 1. The number of nitrogens with zero attached hydrogens (tertiary/aromatic N) is 4. The summed E-state index contributed by atoms with van der Waals surface area (Å²) in [5, 5.41) is 32.3. The number of nitriles is 2. The van der Waals surface area contributed by atoms with Crippen molar-refractivity contribution in [3.05, 3.63) is 62.6 Å². The minimum atomic E-state index is -1.50. The zero-order chi connectivity index (χ0) is 23.1. The minimum Gasteiger partial charge on any atom is -0.465 e. The number of imide groups is 1. The van der Waals surface area contributed by atoms with Crippen LogP contribution in [-0.2, 0) is 4.79 Å². The van der Waals surface area contributed by atoms with E-state index in [1.165, 1.54) is 19.1 Å². The van der Waals surface area contributed by atoms with Gasteiger partial charge in [0.05, 0.1) is 17.7 Å². The average molecular weight is 479 g/mol. The predicted molar refractivity (Wildman–Crippen MR) is 117 cm³/mol. The quantitative estimate of drug-likeness (QED) is 0.438. The molecule has 158 valence electrons. The summed E-state index contributed by atoms with van der Waals surface area (Å²) < 4.78 is 0. The number of carbonyl (C=O) groups is 2. The van der Waals surface area contributed by atoms with Crippen molar-refractivity contribution in [1.82, 2.24) is 4.90 Å². The van der Waals surface area contributed by atoms with Crippen molar-refractivity contribution in [2.24, 2.45) is 5.10 Å². The summed E-state index contributed by atoms with van der Waals surface area (Å²) in [5.74, 6) is -1.84. The fourth-order valence-electron chi connectivity index (χ4n) is 2.62. The van der Waals surface area contributed by atoms with Crippen LogP contribution in [0.5, 0.6) is 0 Å². The van der Waals surface area contributed by atoms with Crippen molar-refractivity contribution in [2.45, 2.75) is 12.8 Å². The zero-order valence-corrected chi connectivity index (χ0v) is 18.2. The van der Waals surface area contributed by atoms with Crippen LogP contribution in [0.4, 0.5) is 10.5 Å². The van der Waals surface area contributed by atoms with Crippen LogP contribution in [-0.4, -0.2) is 34.3 Å². The maximum absolute atomic E-state index is 12.1. The van der Waals surface area contributed by atoms with Gasteiger partial charge in [-0.2, -0.15) is 15.6 Å². The summed E-state index contributed by atoms with van der Waals surface area (Å²) in [4.78, 5) is 23.6. The van der Waals surface area contributed by atoms with Crippen LogP contribution in [0, 0.1) is 22.7 Å². The molecule has 0 aliphatic rings. The number of hydrogen-bond acceptors (Lipinski definition) is 6. The van der Waals surface area contributed by atoms with E-state index < -0.39 is 23.6 Å². The molecule has 0 fully saturated rings. The van der Waals surface area contributed by atoms with E-state index in [4.69, 9.17) is 45.2 Å². The Morgan fingerprint density at radius 3 is 2.19 bits per heavy atom. The summed E-state index contributed by atoms with van der Waals surface area (Å²) in [6, 6.07) is 13.2. The smallest absolute Gasteiger partial charge is 0.414 e. The van der Waals surface area contributed by atoms with Crippen LogP contribution >= 0.6 is 34.8 Å². The third-order valence-corrected chi connectivity index (χ3v) is 4.98. The molecule has 2 aromatic carbocycles. The summed E-state index contributed by atoms with van der Waals surface area (Å²) in [7, 11) is 0. The van der Waals surface area contributed by atoms with Gasteiger partial charge < -0.3 is 5.11 Å². The lowest BCUT2D eigenvalue weighted by Crippen LogP contribution is -2.40. The van der Waals surface area contributed by atoms with Crippen LogP contribution < -0.4 is 5.43 Å². The molecular formula is C20H14Cl3N5O3. The molecule has 2 aromatic rings. The molecule has 0 bridgehead atoms. The molecular weight excluding hydrogens is 465 g/mol. The second-order valence-electron chi connectivity index (χ2n) is 5.98. The van der Waals surface area contributed by atoms with E-state index in [1.54, 1.807) is 30.3 Å². The molecule has 0 aliphatic carbocycles. The highest BCUT2D eigenvalue weighted by Crippen LogP contribution is 2.38. The van der Waals surface area contributed by atoms with E-state index in [0.717, 1.165) is 0 Å². The van der Waals surface area contributed by atoms with Crippen LogP contribution in [0.25, 0.3) is 0 Å². The Labute approximate surface area is 192 Å². The molecule has 0 heterocycles. The average Bonchev–Trinajstić information content (AvgIpc) is 2.72. The monoisotopic (exact) mass is 477 g/mol.